The highest BCUT2D eigenvalue weighted by molar-refractivity contribution is 5.78. The van der Waals surface area contributed by atoms with Crippen LogP contribution in [0, 0.1) is 11.7 Å². The standard InChI is InChI=1S/C35H47FN4O5/c1-2-33(41)38-28-13-9-24(10-14-28)17-21-45-32-16-12-26(22-29(32)36)31(23-34(42)43)40-20-19-39(35(40)44)18-5-7-27-15-11-25-6-3-4-8-30(25)37-27/h11-12,15-16,22,24,28,31H,2-10,13-14,17-21,23H2,1H3,(H,38,41)(H,42,43)/t24?,28?,31-/m0/s1. The van der Waals surface area contributed by atoms with E-state index >= 15 is 4.39 Å². The molecular formula is C35H47FN4O5. The number of aromatic nitrogens is 1. The number of aliphatic carboxylic acids is 1. The quantitative estimate of drug-likeness (QED) is 0.274. The van der Waals surface area contributed by atoms with Gasteiger partial charge in [-0.25, -0.2) is 9.18 Å². The van der Waals surface area contributed by atoms with Crippen LogP contribution in [0.4, 0.5) is 9.18 Å². The molecule has 9 nitrogen and oxygen atoms in total. The second-order valence-corrected chi connectivity index (χ2v) is 12.8. The van der Waals surface area contributed by atoms with Crippen LogP contribution in [0.15, 0.2) is 30.3 Å². The summed E-state index contributed by atoms with van der Waals surface area (Å²) in [5, 5.41) is 12.7. The highest BCUT2D eigenvalue weighted by Gasteiger charge is 2.35. The molecule has 0 radical (unpaired) electrons. The molecule has 45 heavy (non-hydrogen) atoms. The summed E-state index contributed by atoms with van der Waals surface area (Å²) in [6, 6.07) is 8.06. The average molecular weight is 623 g/mol. The van der Waals surface area contributed by atoms with Crippen molar-refractivity contribution in [1.82, 2.24) is 20.1 Å². The van der Waals surface area contributed by atoms with Crippen LogP contribution >= 0.6 is 0 Å². The zero-order valence-electron chi connectivity index (χ0n) is 26.4. The maximum atomic E-state index is 15.2. The summed E-state index contributed by atoms with van der Waals surface area (Å²) in [5.74, 6) is -0.918. The Labute approximate surface area is 265 Å². The number of carbonyl (C=O) groups excluding carboxylic acids is 2. The predicted octanol–water partition coefficient (Wildman–Crippen LogP) is 5.84. The van der Waals surface area contributed by atoms with Gasteiger partial charge in [0.1, 0.15) is 0 Å². The summed E-state index contributed by atoms with van der Waals surface area (Å²) in [4.78, 5) is 45.0. The van der Waals surface area contributed by atoms with Crippen molar-refractivity contribution in [2.75, 3.05) is 26.2 Å². The molecule has 0 bridgehead atoms. The highest BCUT2D eigenvalue weighted by atomic mass is 19.1. The molecule has 1 saturated heterocycles. The molecule has 1 aliphatic heterocycles. The van der Waals surface area contributed by atoms with E-state index in [4.69, 9.17) is 9.72 Å². The Morgan fingerprint density at radius 2 is 1.91 bits per heavy atom. The Bertz CT molecular complexity index is 1350. The SMILES string of the molecule is CCC(=O)NC1CCC(CCOc2ccc([C@H](CC(=O)O)N3CCN(CCCc4ccc5c(n4)CCCC5)C3=O)cc2F)CC1. The summed E-state index contributed by atoms with van der Waals surface area (Å²) in [6.45, 7) is 3.68. The lowest BCUT2D eigenvalue weighted by molar-refractivity contribution is -0.138. The lowest BCUT2D eigenvalue weighted by Gasteiger charge is -2.29. The van der Waals surface area contributed by atoms with Crippen molar-refractivity contribution < 1.29 is 28.6 Å². The van der Waals surface area contributed by atoms with Crippen LogP contribution in [0.5, 0.6) is 5.75 Å². The zero-order chi connectivity index (χ0) is 31.8. The molecule has 3 aliphatic rings. The Kier molecular flexibility index (Phi) is 11.3. The normalized spacial score (nSPS) is 20.5. The summed E-state index contributed by atoms with van der Waals surface area (Å²) in [7, 11) is 0. The molecule has 2 aliphatic carbocycles. The fraction of sp³-hybridized carbons (Fsp3) is 0.600. The van der Waals surface area contributed by atoms with Crippen molar-refractivity contribution in [3.63, 3.8) is 0 Å². The average Bonchev–Trinajstić information content (AvgIpc) is 3.40. The van der Waals surface area contributed by atoms with Gasteiger partial charge in [-0.2, -0.15) is 0 Å². The largest absolute Gasteiger partial charge is 0.491 e. The Balaban J connectivity index is 1.11. The molecule has 5 rings (SSSR count). The number of urea groups is 1. The molecule has 2 aromatic rings. The van der Waals surface area contributed by atoms with Crippen LogP contribution in [-0.4, -0.2) is 70.1 Å². The lowest BCUT2D eigenvalue weighted by Crippen LogP contribution is -2.37. The molecule has 3 amide bonds. The first-order valence-electron chi connectivity index (χ1n) is 16.8. The van der Waals surface area contributed by atoms with Crippen LogP contribution in [0.3, 0.4) is 0 Å². The van der Waals surface area contributed by atoms with Gasteiger partial charge in [0.2, 0.25) is 5.91 Å². The van der Waals surface area contributed by atoms with Gasteiger partial charge in [-0.15, -0.1) is 0 Å². The highest BCUT2D eigenvalue weighted by Crippen LogP contribution is 2.32. The van der Waals surface area contributed by atoms with Crippen LogP contribution in [0.1, 0.15) is 99.7 Å². The van der Waals surface area contributed by atoms with E-state index in [9.17, 15) is 19.5 Å². The van der Waals surface area contributed by atoms with Gasteiger partial charge >= 0.3 is 12.0 Å². The number of hydrogen-bond donors (Lipinski definition) is 2. The molecular weight excluding hydrogens is 575 g/mol. The molecule has 2 fully saturated rings. The van der Waals surface area contributed by atoms with Gasteiger partial charge in [-0.3, -0.25) is 14.6 Å². The number of nitrogens with one attached hydrogen (secondary N) is 1. The Morgan fingerprint density at radius 1 is 1.11 bits per heavy atom. The van der Waals surface area contributed by atoms with Crippen LogP contribution in [0.25, 0.3) is 0 Å². The van der Waals surface area contributed by atoms with Crippen molar-refractivity contribution >= 4 is 17.9 Å². The van der Waals surface area contributed by atoms with E-state index in [0.29, 0.717) is 44.1 Å². The number of carboxylic acid groups (broad SMARTS) is 1. The number of amides is 3. The lowest BCUT2D eigenvalue weighted by atomic mass is 9.84. The number of benzene rings is 1. The fourth-order valence-corrected chi connectivity index (χ4v) is 6.99. The summed E-state index contributed by atoms with van der Waals surface area (Å²) >= 11 is 0. The number of carbonyl (C=O) groups is 3. The molecule has 0 unspecified atom stereocenters. The van der Waals surface area contributed by atoms with E-state index in [1.807, 2.05) is 6.92 Å². The first-order valence-corrected chi connectivity index (χ1v) is 16.8. The van der Waals surface area contributed by atoms with Crippen molar-refractivity contribution in [3.05, 3.63) is 58.7 Å². The minimum absolute atomic E-state index is 0.0896. The molecule has 0 spiro atoms. The van der Waals surface area contributed by atoms with Crippen molar-refractivity contribution in [2.45, 2.75) is 102 Å². The second kappa shape index (κ2) is 15.5. The van der Waals surface area contributed by atoms with E-state index in [1.165, 1.54) is 30.2 Å². The van der Waals surface area contributed by atoms with Gasteiger partial charge in [-0.05, 0) is 106 Å². The minimum Gasteiger partial charge on any atom is -0.491 e. The fourth-order valence-electron chi connectivity index (χ4n) is 6.99. The molecule has 2 N–H and O–H groups in total. The van der Waals surface area contributed by atoms with Gasteiger partial charge < -0.3 is 25.0 Å². The summed E-state index contributed by atoms with van der Waals surface area (Å²) in [6.07, 6.45) is 11.0. The number of hydrogen-bond acceptors (Lipinski definition) is 5. The number of pyridine rings is 1. The number of halogens is 1. The second-order valence-electron chi connectivity index (χ2n) is 12.8. The Morgan fingerprint density at radius 3 is 2.67 bits per heavy atom. The number of ether oxygens (including phenoxy) is 1. The number of carboxylic acids is 1. The van der Waals surface area contributed by atoms with Gasteiger partial charge in [0.25, 0.3) is 0 Å². The third-order valence-corrected chi connectivity index (χ3v) is 9.63. The van der Waals surface area contributed by atoms with E-state index < -0.39 is 17.8 Å². The minimum atomic E-state index is -1.05. The van der Waals surface area contributed by atoms with E-state index in [2.05, 4.69) is 17.4 Å². The molecule has 1 aromatic carbocycles. The van der Waals surface area contributed by atoms with Crippen LogP contribution in [0.2, 0.25) is 0 Å². The summed E-state index contributed by atoms with van der Waals surface area (Å²) in [5.41, 5.74) is 4.05. The molecule has 1 saturated carbocycles. The van der Waals surface area contributed by atoms with E-state index in [0.717, 1.165) is 63.5 Å². The first kappa shape index (κ1) is 32.7. The number of aryl methyl sites for hydroxylation is 3. The van der Waals surface area contributed by atoms with Gasteiger partial charge in [0.15, 0.2) is 11.6 Å². The molecule has 1 atom stereocenters. The van der Waals surface area contributed by atoms with E-state index in [-0.39, 0.29) is 30.2 Å². The number of fused-ring (bicyclic) bond motifs is 1. The predicted molar refractivity (Wildman–Crippen MR) is 169 cm³/mol. The maximum Gasteiger partial charge on any atom is 0.320 e. The van der Waals surface area contributed by atoms with Gasteiger partial charge in [0.05, 0.1) is 19.1 Å². The van der Waals surface area contributed by atoms with Crippen LogP contribution in [-0.2, 0) is 28.9 Å². The third kappa shape index (κ3) is 8.73. The maximum absolute atomic E-state index is 15.2. The summed E-state index contributed by atoms with van der Waals surface area (Å²) < 4.78 is 21.0. The van der Waals surface area contributed by atoms with Crippen molar-refractivity contribution in [1.29, 1.82) is 0 Å². The zero-order valence-corrected chi connectivity index (χ0v) is 26.4. The molecule has 10 heteroatoms. The first-order chi connectivity index (χ1) is 21.8. The van der Waals surface area contributed by atoms with Crippen molar-refractivity contribution in [3.8, 4) is 5.75 Å². The molecule has 244 valence electrons. The Hall–Kier alpha value is -3.69. The number of rotatable bonds is 14. The number of nitrogens with zero attached hydrogens (tertiary/aromatic N) is 3. The molecule has 1 aromatic heterocycles. The van der Waals surface area contributed by atoms with Crippen LogP contribution < -0.4 is 10.1 Å². The molecule has 2 heterocycles. The van der Waals surface area contributed by atoms with Crippen molar-refractivity contribution in [2.24, 2.45) is 5.92 Å². The van der Waals surface area contributed by atoms with Gasteiger partial charge in [0, 0.05) is 43.5 Å². The smallest absolute Gasteiger partial charge is 0.320 e. The van der Waals surface area contributed by atoms with Gasteiger partial charge in [-0.1, -0.05) is 19.1 Å². The monoisotopic (exact) mass is 622 g/mol. The third-order valence-electron chi connectivity index (χ3n) is 9.63. The van der Waals surface area contributed by atoms with E-state index in [1.54, 1.807) is 21.9 Å². The topological polar surface area (TPSA) is 112 Å².